The molecule has 2 aromatic rings. The molecule has 1 atom stereocenters. The van der Waals surface area contributed by atoms with E-state index in [1.165, 1.54) is 11.3 Å². The Labute approximate surface area is 164 Å². The molecule has 1 saturated heterocycles. The van der Waals surface area contributed by atoms with Gasteiger partial charge >= 0.3 is 0 Å². The molecule has 25 heavy (non-hydrogen) atoms. The maximum atomic E-state index is 12.3. The summed E-state index contributed by atoms with van der Waals surface area (Å²) in [5.41, 5.74) is 1.49. The number of hydrogen-bond donors (Lipinski definition) is 2. The number of piperidine rings is 1. The van der Waals surface area contributed by atoms with Gasteiger partial charge in [0.25, 0.3) is 5.91 Å². The standard InChI is InChI=1S/C17H21N3O2S.2ClH/c1-2-22-14-7-5-12(6-8-14)17-20-15(11-23-17)16(21)19-13-4-3-9-18-10-13;;/h5-8,11,13,18H,2-4,9-10H2,1H3,(H,19,21);2*1H/t13-;;/m0../s1. The lowest BCUT2D eigenvalue weighted by atomic mass is 10.1. The van der Waals surface area contributed by atoms with Gasteiger partial charge in [-0.05, 0) is 50.6 Å². The van der Waals surface area contributed by atoms with Gasteiger partial charge in [-0.3, -0.25) is 4.79 Å². The fourth-order valence-electron chi connectivity index (χ4n) is 2.61. The second kappa shape index (κ2) is 10.6. The molecule has 8 heteroatoms. The van der Waals surface area contributed by atoms with Crippen molar-refractivity contribution in [1.29, 1.82) is 0 Å². The fourth-order valence-corrected chi connectivity index (χ4v) is 3.41. The summed E-state index contributed by atoms with van der Waals surface area (Å²) in [6.07, 6.45) is 2.12. The van der Waals surface area contributed by atoms with E-state index in [1.54, 1.807) is 0 Å². The maximum absolute atomic E-state index is 12.3. The summed E-state index contributed by atoms with van der Waals surface area (Å²) in [6.45, 7) is 4.48. The Bertz CT molecular complexity index is 658. The van der Waals surface area contributed by atoms with Crippen LogP contribution in [0.4, 0.5) is 0 Å². The van der Waals surface area contributed by atoms with Crippen molar-refractivity contribution in [1.82, 2.24) is 15.6 Å². The maximum Gasteiger partial charge on any atom is 0.271 e. The van der Waals surface area contributed by atoms with Crippen molar-refractivity contribution in [2.24, 2.45) is 0 Å². The van der Waals surface area contributed by atoms with Gasteiger partial charge in [0, 0.05) is 23.5 Å². The number of halogens is 2. The van der Waals surface area contributed by atoms with E-state index in [1.807, 2.05) is 36.6 Å². The van der Waals surface area contributed by atoms with Crippen LogP contribution >= 0.6 is 36.2 Å². The van der Waals surface area contributed by atoms with Crippen molar-refractivity contribution in [2.75, 3.05) is 19.7 Å². The molecule has 0 bridgehead atoms. The Morgan fingerprint density at radius 2 is 2.12 bits per heavy atom. The van der Waals surface area contributed by atoms with E-state index in [2.05, 4.69) is 15.6 Å². The zero-order valence-corrected chi connectivity index (χ0v) is 16.4. The normalized spacial score (nSPS) is 16.3. The number of nitrogens with one attached hydrogen (secondary N) is 2. The molecule has 0 aliphatic carbocycles. The topological polar surface area (TPSA) is 63.2 Å². The third kappa shape index (κ3) is 5.85. The summed E-state index contributed by atoms with van der Waals surface area (Å²) in [5, 5.41) is 9.01. The van der Waals surface area contributed by atoms with Crippen molar-refractivity contribution in [3.05, 3.63) is 35.3 Å². The summed E-state index contributed by atoms with van der Waals surface area (Å²) in [7, 11) is 0. The van der Waals surface area contributed by atoms with Gasteiger partial charge < -0.3 is 15.4 Å². The van der Waals surface area contributed by atoms with Crippen molar-refractivity contribution in [3.63, 3.8) is 0 Å². The number of benzene rings is 1. The molecule has 0 saturated carbocycles. The van der Waals surface area contributed by atoms with Crippen LogP contribution in [0.1, 0.15) is 30.3 Å². The summed E-state index contributed by atoms with van der Waals surface area (Å²) in [6, 6.07) is 7.99. The summed E-state index contributed by atoms with van der Waals surface area (Å²) in [5.74, 6) is 0.753. The lowest BCUT2D eigenvalue weighted by molar-refractivity contribution is 0.0926. The first kappa shape index (κ1) is 21.7. The fraction of sp³-hybridized carbons (Fsp3) is 0.412. The number of hydrogen-bond acceptors (Lipinski definition) is 5. The molecule has 1 aromatic carbocycles. The molecule has 2 heterocycles. The van der Waals surface area contributed by atoms with Crippen LogP contribution in [-0.4, -0.2) is 36.6 Å². The van der Waals surface area contributed by atoms with E-state index < -0.39 is 0 Å². The molecule has 1 aliphatic heterocycles. The Morgan fingerprint density at radius 3 is 2.76 bits per heavy atom. The van der Waals surface area contributed by atoms with E-state index in [-0.39, 0.29) is 36.8 Å². The smallest absolute Gasteiger partial charge is 0.271 e. The number of amides is 1. The van der Waals surface area contributed by atoms with Crippen LogP contribution in [0.2, 0.25) is 0 Å². The van der Waals surface area contributed by atoms with Crippen LogP contribution in [-0.2, 0) is 0 Å². The summed E-state index contributed by atoms with van der Waals surface area (Å²) < 4.78 is 5.44. The van der Waals surface area contributed by atoms with Crippen LogP contribution in [0.3, 0.4) is 0 Å². The highest BCUT2D eigenvalue weighted by molar-refractivity contribution is 7.13. The second-order valence-electron chi connectivity index (χ2n) is 5.51. The predicted octanol–water partition coefficient (Wildman–Crippen LogP) is 3.53. The number of nitrogens with zero attached hydrogens (tertiary/aromatic N) is 1. The Morgan fingerprint density at radius 1 is 1.36 bits per heavy atom. The molecule has 138 valence electrons. The molecule has 1 aromatic heterocycles. The van der Waals surface area contributed by atoms with Crippen molar-refractivity contribution in [3.8, 4) is 16.3 Å². The Balaban J connectivity index is 0.00000156. The van der Waals surface area contributed by atoms with Crippen LogP contribution < -0.4 is 15.4 Å². The van der Waals surface area contributed by atoms with Crippen molar-refractivity contribution >= 4 is 42.1 Å². The van der Waals surface area contributed by atoms with Crippen LogP contribution in [0, 0.1) is 0 Å². The predicted molar refractivity (Wildman–Crippen MR) is 107 cm³/mol. The van der Waals surface area contributed by atoms with Crippen LogP contribution in [0.25, 0.3) is 10.6 Å². The van der Waals surface area contributed by atoms with E-state index >= 15 is 0 Å². The highest BCUT2D eigenvalue weighted by Gasteiger charge is 2.18. The van der Waals surface area contributed by atoms with Crippen LogP contribution in [0.15, 0.2) is 29.6 Å². The molecule has 1 aliphatic rings. The highest BCUT2D eigenvalue weighted by atomic mass is 35.5. The minimum atomic E-state index is -0.0906. The molecule has 0 spiro atoms. The number of thiazole rings is 1. The van der Waals surface area contributed by atoms with Crippen LogP contribution in [0.5, 0.6) is 5.75 Å². The van der Waals surface area contributed by atoms with Gasteiger partial charge in [0.05, 0.1) is 6.61 Å². The van der Waals surface area contributed by atoms with Crippen molar-refractivity contribution < 1.29 is 9.53 Å². The molecule has 5 nitrogen and oxygen atoms in total. The molecule has 2 N–H and O–H groups in total. The Kier molecular flexibility index (Phi) is 9.21. The Hall–Kier alpha value is -1.34. The van der Waals surface area contributed by atoms with Gasteiger partial charge in [0.2, 0.25) is 0 Å². The lowest BCUT2D eigenvalue weighted by Crippen LogP contribution is -2.45. The van der Waals surface area contributed by atoms with Gasteiger partial charge in [-0.2, -0.15) is 0 Å². The average Bonchev–Trinajstić information content (AvgIpc) is 3.07. The SMILES string of the molecule is CCOc1ccc(-c2nc(C(=O)N[C@H]3CCCNC3)cs2)cc1.Cl.Cl. The van der Waals surface area contributed by atoms with E-state index in [0.717, 1.165) is 42.3 Å². The summed E-state index contributed by atoms with van der Waals surface area (Å²) >= 11 is 1.48. The number of rotatable bonds is 5. The number of aromatic nitrogens is 1. The lowest BCUT2D eigenvalue weighted by Gasteiger charge is -2.23. The van der Waals surface area contributed by atoms with Gasteiger partial charge in [0.1, 0.15) is 16.5 Å². The first-order chi connectivity index (χ1) is 11.3. The quantitative estimate of drug-likeness (QED) is 0.801. The highest BCUT2D eigenvalue weighted by Crippen LogP contribution is 2.25. The third-order valence-electron chi connectivity index (χ3n) is 3.78. The molecule has 0 unspecified atom stereocenters. The van der Waals surface area contributed by atoms with Gasteiger partial charge in [-0.25, -0.2) is 4.98 Å². The number of carbonyl (C=O) groups excluding carboxylic acids is 1. The zero-order valence-electron chi connectivity index (χ0n) is 14.0. The number of carbonyl (C=O) groups is 1. The third-order valence-corrected chi connectivity index (χ3v) is 4.67. The molecule has 3 rings (SSSR count). The van der Waals surface area contributed by atoms with Gasteiger partial charge in [0.15, 0.2) is 0 Å². The van der Waals surface area contributed by atoms with Gasteiger partial charge in [-0.1, -0.05) is 0 Å². The minimum Gasteiger partial charge on any atom is -0.494 e. The van der Waals surface area contributed by atoms with Gasteiger partial charge in [-0.15, -0.1) is 36.2 Å². The van der Waals surface area contributed by atoms with E-state index in [4.69, 9.17) is 4.74 Å². The minimum absolute atomic E-state index is 0. The van der Waals surface area contributed by atoms with Crippen molar-refractivity contribution in [2.45, 2.75) is 25.8 Å². The molecule has 1 fully saturated rings. The largest absolute Gasteiger partial charge is 0.494 e. The number of ether oxygens (including phenoxy) is 1. The molecule has 1 amide bonds. The first-order valence-corrected chi connectivity index (χ1v) is 8.84. The van der Waals surface area contributed by atoms with E-state index in [9.17, 15) is 4.79 Å². The first-order valence-electron chi connectivity index (χ1n) is 7.96. The molecular weight excluding hydrogens is 381 g/mol. The average molecular weight is 404 g/mol. The molecular formula is C17H23Cl2N3O2S. The zero-order chi connectivity index (χ0) is 16.1. The molecule has 0 radical (unpaired) electrons. The monoisotopic (exact) mass is 403 g/mol. The second-order valence-corrected chi connectivity index (χ2v) is 6.37. The van der Waals surface area contributed by atoms with E-state index in [0.29, 0.717) is 12.3 Å². The summed E-state index contributed by atoms with van der Waals surface area (Å²) in [4.78, 5) is 16.7.